The summed E-state index contributed by atoms with van der Waals surface area (Å²) in [5.41, 5.74) is 2.36. The van der Waals surface area contributed by atoms with Crippen LogP contribution in [0.1, 0.15) is 64.7 Å². The second-order valence-corrected chi connectivity index (χ2v) is 10.2. The van der Waals surface area contributed by atoms with Crippen LogP contribution in [-0.2, 0) is 9.53 Å². The van der Waals surface area contributed by atoms with Crippen molar-refractivity contribution >= 4 is 5.78 Å². The van der Waals surface area contributed by atoms with Crippen molar-refractivity contribution in [3.63, 3.8) is 0 Å². The molecular formula is C23H30O2. The van der Waals surface area contributed by atoms with E-state index in [0.717, 1.165) is 37.2 Å². The molecule has 0 aromatic carbocycles. The molecule has 0 aromatic rings. The molecule has 0 bridgehead atoms. The summed E-state index contributed by atoms with van der Waals surface area (Å²) in [6.07, 6.45) is 18.1. The van der Waals surface area contributed by atoms with E-state index in [1.807, 2.05) is 6.08 Å². The van der Waals surface area contributed by atoms with E-state index in [-0.39, 0.29) is 5.60 Å². The number of ether oxygens (including phenoxy) is 1. The molecule has 1 aliphatic heterocycles. The first-order valence-corrected chi connectivity index (χ1v) is 10.6. The Bertz CT molecular complexity index is 699. The summed E-state index contributed by atoms with van der Waals surface area (Å²) in [5.74, 6) is 3.63. The Morgan fingerprint density at radius 3 is 2.72 bits per heavy atom. The van der Waals surface area contributed by atoms with Crippen molar-refractivity contribution in [3.05, 3.63) is 23.8 Å². The Morgan fingerprint density at radius 1 is 1.08 bits per heavy atom. The first-order valence-electron chi connectivity index (χ1n) is 10.6. The van der Waals surface area contributed by atoms with Crippen LogP contribution in [0.25, 0.3) is 0 Å². The van der Waals surface area contributed by atoms with Gasteiger partial charge >= 0.3 is 0 Å². The van der Waals surface area contributed by atoms with Crippen molar-refractivity contribution in [3.8, 4) is 0 Å². The van der Waals surface area contributed by atoms with Gasteiger partial charge in [0.05, 0.1) is 12.2 Å². The van der Waals surface area contributed by atoms with Crippen molar-refractivity contribution in [1.82, 2.24) is 0 Å². The Balaban J connectivity index is 1.39. The van der Waals surface area contributed by atoms with Gasteiger partial charge in [0.2, 0.25) is 0 Å². The second kappa shape index (κ2) is 4.68. The molecule has 6 aliphatic rings. The third-order valence-corrected chi connectivity index (χ3v) is 9.55. The zero-order valence-electron chi connectivity index (χ0n) is 15.4. The monoisotopic (exact) mass is 338 g/mol. The minimum atomic E-state index is 0.0499. The van der Waals surface area contributed by atoms with Gasteiger partial charge in [0.15, 0.2) is 5.78 Å². The zero-order chi connectivity index (χ0) is 16.9. The number of rotatable bonds is 0. The number of hydrogen-bond donors (Lipinski definition) is 0. The third-order valence-electron chi connectivity index (χ3n) is 9.55. The van der Waals surface area contributed by atoms with E-state index in [1.54, 1.807) is 0 Å². The molecule has 6 atom stereocenters. The molecule has 2 nitrogen and oxygen atoms in total. The standard InChI is InChI=1S/C23H30O2/c1-21-9-7-18-17-6-4-16(24)13-15(17)3-5-19(18)20(21)14-22(10-11-22)23(21)8-2-12-25-23/h2,8,13,17-20H,3-7,9-12,14H2,1H3. The summed E-state index contributed by atoms with van der Waals surface area (Å²) < 4.78 is 6.58. The number of hydrogen-bond acceptors (Lipinski definition) is 2. The highest BCUT2D eigenvalue weighted by Crippen LogP contribution is 2.78. The highest BCUT2D eigenvalue weighted by atomic mass is 16.5. The molecule has 4 saturated carbocycles. The molecule has 5 aliphatic carbocycles. The second-order valence-electron chi connectivity index (χ2n) is 10.2. The molecule has 134 valence electrons. The summed E-state index contributed by atoms with van der Waals surface area (Å²) in [6.45, 7) is 3.40. The molecule has 0 radical (unpaired) electrons. The molecule has 6 unspecified atom stereocenters. The molecule has 1 heterocycles. The smallest absolute Gasteiger partial charge is 0.155 e. The maximum atomic E-state index is 11.9. The van der Waals surface area contributed by atoms with Crippen LogP contribution in [-0.4, -0.2) is 18.0 Å². The molecule has 4 fully saturated rings. The lowest BCUT2D eigenvalue weighted by Gasteiger charge is -2.56. The predicted octanol–water partition coefficient (Wildman–Crippen LogP) is 4.84. The molecule has 2 heteroatoms. The van der Waals surface area contributed by atoms with Gasteiger partial charge in [-0.2, -0.15) is 0 Å². The largest absolute Gasteiger partial charge is 0.366 e. The lowest BCUT2D eigenvalue weighted by Crippen LogP contribution is -2.54. The van der Waals surface area contributed by atoms with Gasteiger partial charge in [-0.3, -0.25) is 4.79 Å². The topological polar surface area (TPSA) is 26.3 Å². The molecule has 0 N–H and O–H groups in total. The van der Waals surface area contributed by atoms with E-state index in [2.05, 4.69) is 19.1 Å². The SMILES string of the molecule is CC12CCC3C4CCC(=O)C=C4CCC3C1CC1(CC1)C21C=CCO1. The Kier molecular flexibility index (Phi) is 2.85. The number of fused-ring (bicyclic) bond motifs is 7. The van der Waals surface area contributed by atoms with E-state index in [1.165, 1.54) is 50.5 Å². The molecule has 25 heavy (non-hydrogen) atoms. The predicted molar refractivity (Wildman–Crippen MR) is 97.0 cm³/mol. The highest BCUT2D eigenvalue weighted by molar-refractivity contribution is 5.91. The van der Waals surface area contributed by atoms with Crippen LogP contribution in [0, 0.1) is 34.5 Å². The summed E-state index contributed by atoms with van der Waals surface area (Å²) in [6, 6.07) is 0. The van der Waals surface area contributed by atoms with Gasteiger partial charge in [-0.05, 0) is 81.1 Å². The molecule has 0 saturated heterocycles. The van der Waals surface area contributed by atoms with Gasteiger partial charge in [-0.25, -0.2) is 0 Å². The summed E-state index contributed by atoms with van der Waals surface area (Å²) in [5, 5.41) is 0. The van der Waals surface area contributed by atoms with Crippen LogP contribution in [0.4, 0.5) is 0 Å². The van der Waals surface area contributed by atoms with Crippen molar-refractivity contribution < 1.29 is 9.53 Å². The van der Waals surface area contributed by atoms with E-state index in [0.29, 0.717) is 22.5 Å². The van der Waals surface area contributed by atoms with Gasteiger partial charge in [0.1, 0.15) is 0 Å². The number of carbonyl (C=O) groups excluding carboxylic acids is 1. The molecule has 2 spiro atoms. The summed E-state index contributed by atoms with van der Waals surface area (Å²) in [4.78, 5) is 11.9. The normalized spacial score (nSPS) is 52.0. The Labute approximate surface area is 151 Å². The first kappa shape index (κ1) is 15.2. The number of allylic oxidation sites excluding steroid dienone is 1. The van der Waals surface area contributed by atoms with Crippen LogP contribution in [0.15, 0.2) is 23.8 Å². The summed E-state index contributed by atoms with van der Waals surface area (Å²) >= 11 is 0. The molecular weight excluding hydrogens is 308 g/mol. The van der Waals surface area contributed by atoms with E-state index in [9.17, 15) is 4.79 Å². The quantitative estimate of drug-likeness (QED) is 0.591. The Morgan fingerprint density at radius 2 is 1.96 bits per heavy atom. The van der Waals surface area contributed by atoms with E-state index < -0.39 is 0 Å². The van der Waals surface area contributed by atoms with Gasteiger partial charge in [-0.1, -0.05) is 24.6 Å². The first-order chi connectivity index (χ1) is 12.1. The van der Waals surface area contributed by atoms with Crippen molar-refractivity contribution in [2.24, 2.45) is 34.5 Å². The average molecular weight is 338 g/mol. The third kappa shape index (κ3) is 1.69. The lowest BCUT2D eigenvalue weighted by atomic mass is 9.50. The average Bonchev–Trinajstić information content (AvgIpc) is 3.14. The minimum absolute atomic E-state index is 0.0499. The molecule has 6 rings (SSSR count). The van der Waals surface area contributed by atoms with Crippen molar-refractivity contribution in [2.45, 2.75) is 70.3 Å². The van der Waals surface area contributed by atoms with Crippen molar-refractivity contribution in [2.75, 3.05) is 6.61 Å². The van der Waals surface area contributed by atoms with Crippen LogP contribution in [0.2, 0.25) is 0 Å². The fraction of sp³-hybridized carbons (Fsp3) is 0.783. The van der Waals surface area contributed by atoms with Gasteiger partial charge < -0.3 is 4.74 Å². The van der Waals surface area contributed by atoms with E-state index in [4.69, 9.17) is 4.74 Å². The highest BCUT2D eigenvalue weighted by Gasteiger charge is 2.76. The number of carbonyl (C=O) groups is 1. The Hall–Kier alpha value is -0.890. The maximum Gasteiger partial charge on any atom is 0.155 e. The zero-order valence-corrected chi connectivity index (χ0v) is 15.4. The maximum absolute atomic E-state index is 11.9. The fourth-order valence-electron chi connectivity index (χ4n) is 8.37. The fourth-order valence-corrected chi connectivity index (χ4v) is 8.37. The van der Waals surface area contributed by atoms with Crippen LogP contribution < -0.4 is 0 Å². The van der Waals surface area contributed by atoms with Crippen LogP contribution >= 0.6 is 0 Å². The van der Waals surface area contributed by atoms with Crippen molar-refractivity contribution in [1.29, 1.82) is 0 Å². The molecule has 0 amide bonds. The lowest BCUT2D eigenvalue weighted by molar-refractivity contribution is -0.129. The van der Waals surface area contributed by atoms with Crippen LogP contribution in [0.5, 0.6) is 0 Å². The van der Waals surface area contributed by atoms with Crippen LogP contribution in [0.3, 0.4) is 0 Å². The van der Waals surface area contributed by atoms with E-state index >= 15 is 0 Å². The minimum Gasteiger partial charge on any atom is -0.366 e. The number of ketones is 1. The summed E-state index contributed by atoms with van der Waals surface area (Å²) in [7, 11) is 0. The van der Waals surface area contributed by atoms with Gasteiger partial charge in [0, 0.05) is 17.3 Å². The molecule has 0 aromatic heterocycles. The van der Waals surface area contributed by atoms with Gasteiger partial charge in [0.25, 0.3) is 0 Å². The van der Waals surface area contributed by atoms with Gasteiger partial charge in [-0.15, -0.1) is 0 Å².